The topological polar surface area (TPSA) is 78.4 Å². The van der Waals surface area contributed by atoms with Crippen LogP contribution in [0.1, 0.15) is 45.1 Å². The fourth-order valence-electron chi connectivity index (χ4n) is 3.60. The summed E-state index contributed by atoms with van der Waals surface area (Å²) in [6.45, 7) is 3.87. The first kappa shape index (κ1) is 21.4. The molecule has 1 fully saturated rings. The fourth-order valence-corrected chi connectivity index (χ4v) is 3.60. The Bertz CT molecular complexity index is 648. The van der Waals surface area contributed by atoms with Crippen molar-refractivity contribution in [3.63, 3.8) is 0 Å². The van der Waals surface area contributed by atoms with E-state index in [0.29, 0.717) is 12.1 Å². The van der Waals surface area contributed by atoms with Gasteiger partial charge in [0.25, 0.3) is 0 Å². The van der Waals surface area contributed by atoms with Gasteiger partial charge in [-0.05, 0) is 30.5 Å². The molecule has 0 spiro atoms. The number of hydrogen-bond donors (Lipinski definition) is 3. The number of Topliss-reactive ketones (excluding diaryl/α,β-unsaturated/α-hetero) is 1. The highest BCUT2D eigenvalue weighted by molar-refractivity contribution is 5.82. The maximum atomic E-state index is 13.4. The van der Waals surface area contributed by atoms with E-state index in [-0.39, 0.29) is 30.4 Å². The van der Waals surface area contributed by atoms with E-state index in [9.17, 15) is 23.5 Å². The first-order valence-corrected chi connectivity index (χ1v) is 9.46. The molecule has 1 saturated heterocycles. The molecule has 27 heavy (non-hydrogen) atoms. The smallest absolute Gasteiger partial charge is 0.217 e. The summed E-state index contributed by atoms with van der Waals surface area (Å²) in [7, 11) is 0. The van der Waals surface area contributed by atoms with Crippen molar-refractivity contribution in [2.24, 2.45) is 5.92 Å². The number of unbranched alkanes of at least 4 members (excludes halogenated alkanes) is 1. The van der Waals surface area contributed by atoms with Crippen molar-refractivity contribution in [2.45, 2.75) is 64.1 Å². The number of piperidine rings is 1. The lowest BCUT2D eigenvalue weighted by Crippen LogP contribution is -2.57. The molecule has 5 nitrogen and oxygen atoms in total. The molecule has 1 aliphatic heterocycles. The maximum Gasteiger partial charge on any atom is 0.217 e. The van der Waals surface area contributed by atoms with Gasteiger partial charge in [-0.1, -0.05) is 19.8 Å². The Labute approximate surface area is 158 Å². The van der Waals surface area contributed by atoms with E-state index >= 15 is 0 Å². The van der Waals surface area contributed by atoms with Crippen LogP contribution in [-0.4, -0.2) is 41.5 Å². The average molecular weight is 382 g/mol. The predicted molar refractivity (Wildman–Crippen MR) is 98.1 cm³/mol. The molecule has 150 valence electrons. The first-order chi connectivity index (χ1) is 12.8. The molecular weight excluding hydrogens is 354 g/mol. The summed E-state index contributed by atoms with van der Waals surface area (Å²) in [6, 6.07) is 1.84. The molecule has 1 heterocycles. The van der Waals surface area contributed by atoms with E-state index in [1.807, 2.05) is 0 Å². The number of carbonyl (C=O) groups is 2. The summed E-state index contributed by atoms with van der Waals surface area (Å²) >= 11 is 0. The van der Waals surface area contributed by atoms with Crippen molar-refractivity contribution < 1.29 is 23.5 Å². The lowest BCUT2D eigenvalue weighted by atomic mass is 9.85. The number of amides is 1. The molecule has 1 aliphatic rings. The van der Waals surface area contributed by atoms with Gasteiger partial charge in [0.05, 0.1) is 12.1 Å². The van der Waals surface area contributed by atoms with Gasteiger partial charge >= 0.3 is 0 Å². The van der Waals surface area contributed by atoms with Crippen LogP contribution >= 0.6 is 0 Å². The minimum Gasteiger partial charge on any atom is -0.389 e. The predicted octanol–water partition coefficient (Wildman–Crippen LogP) is 2.11. The molecule has 0 saturated carbocycles. The molecular formula is C20H28F2N2O3. The molecule has 0 aromatic heterocycles. The maximum absolute atomic E-state index is 13.4. The molecule has 1 amide bonds. The molecule has 4 unspecified atom stereocenters. The van der Waals surface area contributed by atoms with Crippen LogP contribution in [-0.2, 0) is 16.0 Å². The number of aliphatic hydroxyl groups is 1. The van der Waals surface area contributed by atoms with Crippen LogP contribution in [0.2, 0.25) is 0 Å². The van der Waals surface area contributed by atoms with Crippen LogP contribution in [0.5, 0.6) is 0 Å². The van der Waals surface area contributed by atoms with Crippen molar-refractivity contribution in [3.8, 4) is 0 Å². The van der Waals surface area contributed by atoms with Crippen molar-refractivity contribution in [1.29, 1.82) is 0 Å². The highest BCUT2D eigenvalue weighted by atomic mass is 19.1. The van der Waals surface area contributed by atoms with Gasteiger partial charge in [0.15, 0.2) is 0 Å². The third-order valence-electron chi connectivity index (χ3n) is 5.00. The second-order valence-corrected chi connectivity index (χ2v) is 7.30. The van der Waals surface area contributed by atoms with Gasteiger partial charge in [-0.15, -0.1) is 0 Å². The number of aliphatic hydroxyl groups excluding tert-OH is 1. The van der Waals surface area contributed by atoms with E-state index in [1.165, 1.54) is 19.1 Å². The number of hydrogen-bond acceptors (Lipinski definition) is 4. The number of ketones is 1. The molecule has 2 rings (SSSR count). The van der Waals surface area contributed by atoms with Crippen LogP contribution in [0, 0.1) is 17.6 Å². The normalized spacial score (nSPS) is 22.3. The van der Waals surface area contributed by atoms with Crippen molar-refractivity contribution in [2.75, 3.05) is 6.54 Å². The number of benzene rings is 1. The summed E-state index contributed by atoms with van der Waals surface area (Å²) in [6.07, 6.45) is 1.99. The van der Waals surface area contributed by atoms with Gasteiger partial charge in [0, 0.05) is 37.9 Å². The highest BCUT2D eigenvalue weighted by Gasteiger charge is 2.35. The lowest BCUT2D eigenvalue weighted by Gasteiger charge is -2.35. The van der Waals surface area contributed by atoms with Gasteiger partial charge in [0.2, 0.25) is 5.91 Å². The van der Waals surface area contributed by atoms with Crippen molar-refractivity contribution >= 4 is 11.7 Å². The van der Waals surface area contributed by atoms with E-state index in [4.69, 9.17) is 0 Å². The molecule has 1 aromatic carbocycles. The van der Waals surface area contributed by atoms with Crippen molar-refractivity contribution in [3.05, 3.63) is 35.4 Å². The van der Waals surface area contributed by atoms with Crippen LogP contribution in [0.25, 0.3) is 0 Å². The Morgan fingerprint density at radius 3 is 2.56 bits per heavy atom. The number of nitrogens with one attached hydrogen (secondary N) is 2. The molecule has 0 radical (unpaired) electrons. The van der Waals surface area contributed by atoms with Crippen LogP contribution < -0.4 is 10.6 Å². The summed E-state index contributed by atoms with van der Waals surface area (Å²) in [5.74, 6) is -1.75. The Hall–Kier alpha value is -1.86. The zero-order chi connectivity index (χ0) is 20.0. The van der Waals surface area contributed by atoms with Gasteiger partial charge in [-0.2, -0.15) is 0 Å². The van der Waals surface area contributed by atoms with Gasteiger partial charge in [-0.25, -0.2) is 8.78 Å². The summed E-state index contributed by atoms with van der Waals surface area (Å²) in [5, 5.41) is 16.6. The molecule has 0 bridgehead atoms. The summed E-state index contributed by atoms with van der Waals surface area (Å²) < 4.78 is 26.9. The zero-order valence-corrected chi connectivity index (χ0v) is 15.8. The third-order valence-corrected chi connectivity index (χ3v) is 5.00. The Morgan fingerprint density at radius 1 is 1.33 bits per heavy atom. The second kappa shape index (κ2) is 9.90. The first-order valence-electron chi connectivity index (χ1n) is 9.46. The molecule has 1 aromatic rings. The minimum atomic E-state index is -1.06. The van der Waals surface area contributed by atoms with Gasteiger partial charge < -0.3 is 15.7 Å². The number of carbonyl (C=O) groups excluding carboxylic acids is 2. The molecule has 0 aliphatic carbocycles. The second-order valence-electron chi connectivity index (χ2n) is 7.30. The Morgan fingerprint density at radius 2 is 2.00 bits per heavy atom. The monoisotopic (exact) mass is 382 g/mol. The molecule has 7 heteroatoms. The van der Waals surface area contributed by atoms with E-state index in [0.717, 1.165) is 25.3 Å². The van der Waals surface area contributed by atoms with Gasteiger partial charge in [0.1, 0.15) is 17.4 Å². The largest absolute Gasteiger partial charge is 0.389 e. The van der Waals surface area contributed by atoms with Crippen LogP contribution in [0.4, 0.5) is 8.78 Å². The SMILES string of the molecule is CCCCC1CNC(C(O)C(Cc2cc(F)cc(F)c2)NC(C)=O)CC1=O. The molecule has 3 N–H and O–H groups in total. The fraction of sp³-hybridized carbons (Fsp3) is 0.600. The van der Waals surface area contributed by atoms with Crippen molar-refractivity contribution in [1.82, 2.24) is 10.6 Å². The summed E-state index contributed by atoms with van der Waals surface area (Å²) in [4.78, 5) is 23.9. The molecule has 4 atom stereocenters. The quantitative estimate of drug-likeness (QED) is 0.644. The standard InChI is InChI=1S/C20H28F2N2O3/c1-3-4-5-14-11-23-17(10-19(14)26)20(27)18(24-12(2)25)8-13-6-15(21)9-16(22)7-13/h6-7,9,14,17-18,20,23,27H,3-5,8,10-11H2,1-2H3,(H,24,25). The zero-order valence-electron chi connectivity index (χ0n) is 15.8. The summed E-state index contributed by atoms with van der Waals surface area (Å²) in [5.41, 5.74) is 0.327. The van der Waals surface area contributed by atoms with E-state index in [1.54, 1.807) is 0 Å². The third kappa shape index (κ3) is 6.36. The van der Waals surface area contributed by atoms with Gasteiger partial charge in [-0.3, -0.25) is 9.59 Å². The minimum absolute atomic E-state index is 0.0510. The van der Waals surface area contributed by atoms with E-state index < -0.39 is 29.8 Å². The van der Waals surface area contributed by atoms with E-state index in [2.05, 4.69) is 17.6 Å². The number of halogens is 2. The van der Waals surface area contributed by atoms with Crippen LogP contribution in [0.15, 0.2) is 18.2 Å². The average Bonchev–Trinajstić information content (AvgIpc) is 2.58. The lowest BCUT2D eigenvalue weighted by molar-refractivity contribution is -0.126. The number of rotatable bonds is 8. The highest BCUT2D eigenvalue weighted by Crippen LogP contribution is 2.21. The Balaban J connectivity index is 2.07. The van der Waals surface area contributed by atoms with Crippen LogP contribution in [0.3, 0.4) is 0 Å². The Kier molecular flexibility index (Phi) is 7.86.